The van der Waals surface area contributed by atoms with E-state index in [9.17, 15) is 9.18 Å². The van der Waals surface area contributed by atoms with E-state index in [0.717, 1.165) is 50.5 Å². The van der Waals surface area contributed by atoms with Gasteiger partial charge >= 0.3 is 0 Å². The lowest BCUT2D eigenvalue weighted by atomic mass is 9.79. The van der Waals surface area contributed by atoms with Gasteiger partial charge < -0.3 is 15.5 Å². The normalized spacial score (nSPS) is 24.7. The molecule has 0 saturated carbocycles. The lowest BCUT2D eigenvalue weighted by molar-refractivity contribution is -0.119. The van der Waals surface area contributed by atoms with Gasteiger partial charge in [-0.25, -0.2) is 4.39 Å². The zero-order valence-corrected chi connectivity index (χ0v) is 15.7. The Morgan fingerprint density at radius 3 is 2.85 bits per heavy atom. The number of likely N-dealkylation sites (tertiary alicyclic amines) is 1. The van der Waals surface area contributed by atoms with Gasteiger partial charge in [-0.05, 0) is 37.5 Å². The van der Waals surface area contributed by atoms with Crippen molar-refractivity contribution in [1.82, 2.24) is 15.5 Å². The predicted molar refractivity (Wildman–Crippen MR) is 102 cm³/mol. The lowest BCUT2D eigenvalue weighted by Crippen LogP contribution is -2.51. The summed E-state index contributed by atoms with van der Waals surface area (Å²) in [6.45, 7) is 8.23. The smallest absolute Gasteiger partial charge is 0.220 e. The molecule has 2 saturated heterocycles. The van der Waals surface area contributed by atoms with Crippen LogP contribution in [0.5, 0.6) is 0 Å². The summed E-state index contributed by atoms with van der Waals surface area (Å²) in [6.07, 6.45) is 2.79. The van der Waals surface area contributed by atoms with Crippen molar-refractivity contribution in [3.63, 3.8) is 0 Å². The fourth-order valence-electron chi connectivity index (χ4n) is 3.97. The van der Waals surface area contributed by atoms with Crippen LogP contribution in [0.1, 0.15) is 44.6 Å². The highest BCUT2D eigenvalue weighted by Gasteiger charge is 2.42. The van der Waals surface area contributed by atoms with Crippen LogP contribution in [0.3, 0.4) is 0 Å². The van der Waals surface area contributed by atoms with E-state index in [0.29, 0.717) is 13.0 Å². The molecule has 2 N–H and O–H groups in total. The van der Waals surface area contributed by atoms with E-state index in [2.05, 4.69) is 29.4 Å². The van der Waals surface area contributed by atoms with Gasteiger partial charge in [0.2, 0.25) is 5.91 Å². The molecule has 1 amide bonds. The van der Waals surface area contributed by atoms with Crippen molar-refractivity contribution in [2.24, 2.45) is 10.4 Å². The topological polar surface area (TPSA) is 56.7 Å². The molecule has 6 heteroatoms. The summed E-state index contributed by atoms with van der Waals surface area (Å²) in [5.41, 5.74) is 1.14. The number of benzene rings is 1. The van der Waals surface area contributed by atoms with Crippen LogP contribution in [0, 0.1) is 11.2 Å². The van der Waals surface area contributed by atoms with Gasteiger partial charge in [0.15, 0.2) is 5.96 Å². The first-order valence-corrected chi connectivity index (χ1v) is 9.57. The van der Waals surface area contributed by atoms with E-state index in [4.69, 9.17) is 4.99 Å². The molecular weight excluding hydrogens is 331 g/mol. The van der Waals surface area contributed by atoms with Crippen molar-refractivity contribution in [2.75, 3.05) is 32.7 Å². The van der Waals surface area contributed by atoms with Crippen molar-refractivity contribution in [3.05, 3.63) is 35.6 Å². The average Bonchev–Trinajstić information content (AvgIpc) is 2.98. The highest BCUT2D eigenvalue weighted by atomic mass is 19.1. The van der Waals surface area contributed by atoms with Gasteiger partial charge in [0.25, 0.3) is 0 Å². The van der Waals surface area contributed by atoms with Crippen LogP contribution in [0.15, 0.2) is 29.3 Å². The van der Waals surface area contributed by atoms with E-state index >= 15 is 0 Å². The molecule has 5 nitrogen and oxygen atoms in total. The molecule has 142 valence electrons. The Labute approximate surface area is 155 Å². The first kappa shape index (κ1) is 18.7. The van der Waals surface area contributed by atoms with E-state index in [1.807, 2.05) is 12.1 Å². The maximum Gasteiger partial charge on any atom is 0.220 e. The van der Waals surface area contributed by atoms with Crippen LogP contribution in [0.4, 0.5) is 4.39 Å². The first-order chi connectivity index (χ1) is 12.5. The van der Waals surface area contributed by atoms with Gasteiger partial charge in [-0.15, -0.1) is 0 Å². The zero-order chi connectivity index (χ0) is 18.6. The molecule has 1 aromatic carbocycles. The molecule has 0 radical (unpaired) electrons. The Hall–Kier alpha value is -2.11. The molecule has 2 aliphatic heterocycles. The van der Waals surface area contributed by atoms with Crippen molar-refractivity contribution < 1.29 is 9.18 Å². The third kappa shape index (κ3) is 4.34. The molecule has 0 aliphatic carbocycles. The second-order valence-corrected chi connectivity index (χ2v) is 7.63. The van der Waals surface area contributed by atoms with Crippen molar-refractivity contribution >= 4 is 11.9 Å². The summed E-state index contributed by atoms with van der Waals surface area (Å²) >= 11 is 0. The highest BCUT2D eigenvalue weighted by Crippen LogP contribution is 2.36. The third-order valence-electron chi connectivity index (χ3n) is 5.45. The molecule has 0 aromatic heterocycles. The van der Waals surface area contributed by atoms with E-state index in [1.54, 1.807) is 0 Å². The summed E-state index contributed by atoms with van der Waals surface area (Å²) in [7, 11) is 0. The fourth-order valence-corrected chi connectivity index (χ4v) is 3.97. The van der Waals surface area contributed by atoms with Gasteiger partial charge in [0, 0.05) is 50.5 Å². The number of rotatable bonds is 4. The minimum absolute atomic E-state index is 0.0497. The van der Waals surface area contributed by atoms with Crippen molar-refractivity contribution in [2.45, 2.75) is 39.0 Å². The summed E-state index contributed by atoms with van der Waals surface area (Å²) in [5, 5.41) is 6.39. The number of amides is 1. The van der Waals surface area contributed by atoms with Crippen LogP contribution in [0.25, 0.3) is 0 Å². The highest BCUT2D eigenvalue weighted by molar-refractivity contribution is 5.81. The van der Waals surface area contributed by atoms with E-state index < -0.39 is 0 Å². The Kier molecular flexibility index (Phi) is 5.79. The van der Waals surface area contributed by atoms with Gasteiger partial charge in [0.1, 0.15) is 5.82 Å². The molecule has 2 aliphatic rings. The number of guanidine groups is 1. The number of piperidine rings is 1. The predicted octanol–water partition coefficient (Wildman–Crippen LogP) is 2.50. The number of nitrogens with one attached hydrogen (secondary N) is 2. The quantitative estimate of drug-likeness (QED) is 0.641. The van der Waals surface area contributed by atoms with Gasteiger partial charge in [-0.2, -0.15) is 0 Å². The number of carbonyl (C=O) groups excluding carboxylic acids is 1. The Balaban J connectivity index is 1.68. The maximum atomic E-state index is 13.1. The molecule has 1 spiro atoms. The molecular formula is C20H29FN4O. The Morgan fingerprint density at radius 1 is 1.42 bits per heavy atom. The summed E-state index contributed by atoms with van der Waals surface area (Å²) < 4.78 is 13.1. The molecule has 2 heterocycles. The number of carbonyl (C=O) groups is 1. The van der Waals surface area contributed by atoms with Crippen LogP contribution in [-0.4, -0.2) is 49.5 Å². The van der Waals surface area contributed by atoms with E-state index in [1.165, 1.54) is 12.1 Å². The number of halogens is 1. The van der Waals surface area contributed by atoms with Gasteiger partial charge in [0.05, 0.1) is 0 Å². The number of hydrogen-bond acceptors (Lipinski definition) is 2. The minimum Gasteiger partial charge on any atom is -0.357 e. The molecule has 1 aromatic rings. The molecule has 0 bridgehead atoms. The monoisotopic (exact) mass is 360 g/mol. The zero-order valence-electron chi connectivity index (χ0n) is 15.7. The third-order valence-corrected chi connectivity index (χ3v) is 5.45. The summed E-state index contributed by atoms with van der Waals surface area (Å²) in [6, 6.07) is 6.65. The molecule has 2 fully saturated rings. The van der Waals surface area contributed by atoms with Crippen molar-refractivity contribution in [3.8, 4) is 0 Å². The van der Waals surface area contributed by atoms with Crippen molar-refractivity contribution in [1.29, 1.82) is 0 Å². The van der Waals surface area contributed by atoms with Gasteiger partial charge in [-0.3, -0.25) is 9.79 Å². The molecule has 3 rings (SSSR count). The molecule has 26 heavy (non-hydrogen) atoms. The number of hydrogen-bond donors (Lipinski definition) is 2. The molecule has 2 atom stereocenters. The molecule has 2 unspecified atom stereocenters. The second kappa shape index (κ2) is 8.06. The first-order valence-electron chi connectivity index (χ1n) is 9.57. The number of aliphatic imine (C=N–C) groups is 1. The van der Waals surface area contributed by atoms with Crippen LogP contribution in [-0.2, 0) is 4.79 Å². The largest absolute Gasteiger partial charge is 0.357 e. The van der Waals surface area contributed by atoms with Crippen LogP contribution < -0.4 is 10.6 Å². The SMILES string of the molecule is CCNC(=NCC(C)c1ccc(F)cc1)N1CCCC2(CNC(=O)C2)C1. The second-order valence-electron chi connectivity index (χ2n) is 7.63. The lowest BCUT2D eigenvalue weighted by Gasteiger charge is -2.40. The van der Waals surface area contributed by atoms with Crippen LogP contribution >= 0.6 is 0 Å². The maximum absolute atomic E-state index is 13.1. The summed E-state index contributed by atoms with van der Waals surface area (Å²) in [5.74, 6) is 1.09. The van der Waals surface area contributed by atoms with Gasteiger partial charge in [-0.1, -0.05) is 19.1 Å². The van der Waals surface area contributed by atoms with Crippen LogP contribution in [0.2, 0.25) is 0 Å². The average molecular weight is 360 g/mol. The standard InChI is InChI=1S/C20H29FN4O/c1-3-22-19(23-12-15(2)16-5-7-17(21)8-6-16)25-10-4-9-20(14-25)11-18(26)24-13-20/h5-8,15H,3-4,9-14H2,1-2H3,(H,22,23)(H,24,26). The van der Waals surface area contributed by atoms with E-state index in [-0.39, 0.29) is 23.1 Å². The number of nitrogens with zero attached hydrogens (tertiary/aromatic N) is 2. The fraction of sp³-hybridized carbons (Fsp3) is 0.600. The Bertz CT molecular complexity index is 660. The summed E-state index contributed by atoms with van der Waals surface area (Å²) in [4.78, 5) is 18.9. The Morgan fingerprint density at radius 2 is 2.19 bits per heavy atom. The minimum atomic E-state index is -0.212.